The summed E-state index contributed by atoms with van der Waals surface area (Å²) in [5.74, 6) is -0.0408. The average molecular weight is 358 g/mol. The van der Waals surface area contributed by atoms with Gasteiger partial charge in [0.15, 0.2) is 6.29 Å². The van der Waals surface area contributed by atoms with Crippen LogP contribution >= 0.6 is 0 Å². The Morgan fingerprint density at radius 1 is 1.12 bits per heavy atom. The molecule has 0 amide bonds. The number of benzene rings is 2. The topological polar surface area (TPSA) is 67.3 Å². The molecule has 5 heteroatoms. The summed E-state index contributed by atoms with van der Waals surface area (Å²) in [4.78, 5) is 25.9. The normalized spacial score (nSPS) is 9.52. The molecular formula is C20H17KNO3-. The number of hydrogen-bond donors (Lipinski definition) is 1. The molecule has 0 aliphatic carbocycles. The predicted molar refractivity (Wildman–Crippen MR) is 94.7 cm³/mol. The number of pyridine rings is 1. The summed E-state index contributed by atoms with van der Waals surface area (Å²) < 4.78 is 0. The fourth-order valence-electron chi connectivity index (χ4n) is 2.28. The molecule has 3 rings (SSSR count). The van der Waals surface area contributed by atoms with Crippen molar-refractivity contribution in [2.24, 2.45) is 0 Å². The fourth-order valence-corrected chi connectivity index (χ4v) is 2.28. The SMILES string of the molecule is C[CH-]C.O=[C-]c1cccc(-c2ccc3c(C=O)c(O)ccc3c2)n1.[K+]. The third-order valence-electron chi connectivity index (χ3n) is 3.31. The molecule has 0 saturated carbocycles. The molecule has 4 nitrogen and oxygen atoms in total. The molecule has 25 heavy (non-hydrogen) atoms. The maximum absolute atomic E-state index is 11.1. The summed E-state index contributed by atoms with van der Waals surface area (Å²) in [5.41, 5.74) is 1.98. The molecule has 0 atom stereocenters. The predicted octanol–water partition coefficient (Wildman–Crippen LogP) is 1.11. The van der Waals surface area contributed by atoms with Crippen LogP contribution in [0.1, 0.15) is 29.9 Å². The summed E-state index contributed by atoms with van der Waals surface area (Å²) >= 11 is 0. The minimum Gasteiger partial charge on any atom is -0.507 e. The molecule has 1 aromatic heterocycles. The summed E-state index contributed by atoms with van der Waals surface area (Å²) in [6.45, 7) is 4.00. The Morgan fingerprint density at radius 3 is 2.48 bits per heavy atom. The minimum absolute atomic E-state index is 0. The molecule has 1 N–H and O–H groups in total. The molecule has 0 aliphatic rings. The number of aromatic nitrogens is 1. The minimum atomic E-state index is -0.0408. The number of carbonyl (C=O) groups is 1. The van der Waals surface area contributed by atoms with E-state index >= 15 is 0 Å². The molecule has 0 saturated heterocycles. The molecule has 0 radical (unpaired) electrons. The zero-order valence-corrected chi connectivity index (χ0v) is 17.6. The van der Waals surface area contributed by atoms with Crippen molar-refractivity contribution in [3.63, 3.8) is 0 Å². The second-order valence-electron chi connectivity index (χ2n) is 5.14. The van der Waals surface area contributed by atoms with Crippen LogP contribution in [0.2, 0.25) is 0 Å². The Morgan fingerprint density at radius 2 is 1.84 bits per heavy atom. The Hall–Kier alpha value is -1.37. The Labute approximate surface area is 189 Å². The average Bonchev–Trinajstić information content (AvgIpc) is 2.62. The van der Waals surface area contributed by atoms with Crippen LogP contribution in [0.4, 0.5) is 0 Å². The van der Waals surface area contributed by atoms with Crippen molar-refractivity contribution in [1.29, 1.82) is 0 Å². The molecule has 2 aromatic carbocycles. The van der Waals surface area contributed by atoms with Gasteiger partial charge in [0.1, 0.15) is 5.75 Å². The van der Waals surface area contributed by atoms with Crippen molar-refractivity contribution in [3.05, 3.63) is 66.2 Å². The van der Waals surface area contributed by atoms with Gasteiger partial charge in [-0.2, -0.15) is 19.9 Å². The number of phenols is 1. The van der Waals surface area contributed by atoms with E-state index in [1.165, 1.54) is 6.07 Å². The van der Waals surface area contributed by atoms with Crippen LogP contribution < -0.4 is 51.4 Å². The standard InChI is InChI=1S/C17H10NO3.C3H7.K/c19-9-13-2-1-3-16(18-13)12-4-6-14-11(8-12)5-7-17(21)15(14)10-20;1-3-2;/h1-8,10,21H;3H,1-2H3;/q2*-1;+1. The smallest absolute Gasteiger partial charge is 0.507 e. The first-order chi connectivity index (χ1) is 11.6. The number of nitrogens with zero attached hydrogens (tertiary/aromatic N) is 1. The molecule has 0 spiro atoms. The summed E-state index contributed by atoms with van der Waals surface area (Å²) in [6.07, 6.45) is 4.40. The van der Waals surface area contributed by atoms with Crippen LogP contribution in [0.25, 0.3) is 22.0 Å². The van der Waals surface area contributed by atoms with Crippen molar-refractivity contribution < 1.29 is 66.1 Å². The van der Waals surface area contributed by atoms with Gasteiger partial charge in [-0.05, 0) is 22.9 Å². The number of phenolic OH excluding ortho intramolecular Hbond substituents is 1. The summed E-state index contributed by atoms with van der Waals surface area (Å²) in [6, 6.07) is 13.7. The zero-order chi connectivity index (χ0) is 17.5. The molecule has 0 unspecified atom stereocenters. The van der Waals surface area contributed by atoms with Crippen LogP contribution in [0.3, 0.4) is 0 Å². The van der Waals surface area contributed by atoms with Gasteiger partial charge in [0.2, 0.25) is 0 Å². The first-order valence-corrected chi connectivity index (χ1v) is 7.45. The van der Waals surface area contributed by atoms with Crippen molar-refractivity contribution in [2.45, 2.75) is 13.8 Å². The maximum Gasteiger partial charge on any atom is 1.00 e. The Kier molecular flexibility index (Phi) is 9.17. The van der Waals surface area contributed by atoms with Crippen LogP contribution in [-0.2, 0) is 4.79 Å². The Bertz CT molecular complexity index is 878. The van der Waals surface area contributed by atoms with Crippen LogP contribution in [0.15, 0.2) is 48.5 Å². The molecule has 3 aromatic rings. The van der Waals surface area contributed by atoms with Gasteiger partial charge in [-0.1, -0.05) is 30.0 Å². The van der Waals surface area contributed by atoms with Gasteiger partial charge in [-0.25, -0.2) is 0 Å². The van der Waals surface area contributed by atoms with E-state index in [1.807, 2.05) is 26.3 Å². The van der Waals surface area contributed by atoms with E-state index in [4.69, 9.17) is 0 Å². The molecular weight excluding hydrogens is 341 g/mol. The number of hydrogen-bond acceptors (Lipinski definition) is 4. The van der Waals surface area contributed by atoms with E-state index in [0.29, 0.717) is 17.4 Å². The van der Waals surface area contributed by atoms with Crippen LogP contribution in [0, 0.1) is 6.42 Å². The first-order valence-electron chi connectivity index (χ1n) is 7.45. The van der Waals surface area contributed by atoms with E-state index in [-0.39, 0.29) is 68.4 Å². The zero-order valence-electron chi connectivity index (χ0n) is 14.5. The molecule has 0 fully saturated rings. The van der Waals surface area contributed by atoms with Gasteiger partial charge >= 0.3 is 51.4 Å². The monoisotopic (exact) mass is 358 g/mol. The quantitative estimate of drug-likeness (QED) is 0.433. The van der Waals surface area contributed by atoms with Crippen molar-refractivity contribution in [2.75, 3.05) is 0 Å². The third-order valence-corrected chi connectivity index (χ3v) is 3.31. The molecule has 1 heterocycles. The Balaban J connectivity index is 0.000000730. The number of rotatable bonds is 3. The van der Waals surface area contributed by atoms with Crippen LogP contribution in [-0.4, -0.2) is 22.7 Å². The van der Waals surface area contributed by atoms with E-state index in [1.54, 1.807) is 42.7 Å². The number of aldehydes is 1. The first kappa shape index (κ1) is 21.7. The van der Waals surface area contributed by atoms with Crippen molar-refractivity contribution in [1.82, 2.24) is 4.98 Å². The van der Waals surface area contributed by atoms with Crippen molar-refractivity contribution in [3.8, 4) is 17.0 Å². The van der Waals surface area contributed by atoms with Gasteiger partial charge in [-0.3, -0.25) is 9.78 Å². The van der Waals surface area contributed by atoms with Crippen LogP contribution in [0.5, 0.6) is 5.75 Å². The molecule has 122 valence electrons. The van der Waals surface area contributed by atoms with E-state index in [0.717, 1.165) is 10.9 Å². The van der Waals surface area contributed by atoms with Crippen molar-refractivity contribution >= 4 is 23.3 Å². The summed E-state index contributed by atoms with van der Waals surface area (Å²) in [7, 11) is 0. The number of carbonyl (C=O) groups excluding carboxylic acids is 2. The summed E-state index contributed by atoms with van der Waals surface area (Å²) in [5, 5.41) is 11.2. The van der Waals surface area contributed by atoms with Gasteiger partial charge in [0.25, 0.3) is 0 Å². The van der Waals surface area contributed by atoms with Gasteiger partial charge < -0.3 is 16.3 Å². The van der Waals surface area contributed by atoms with E-state index in [9.17, 15) is 14.7 Å². The third kappa shape index (κ3) is 5.30. The molecule has 0 aliphatic heterocycles. The van der Waals surface area contributed by atoms with Gasteiger partial charge in [-0.15, -0.1) is 6.07 Å². The number of aromatic hydroxyl groups is 1. The van der Waals surface area contributed by atoms with Gasteiger partial charge in [0.05, 0.1) is 11.3 Å². The largest absolute Gasteiger partial charge is 1.00 e. The maximum atomic E-state index is 11.1. The molecule has 0 bridgehead atoms. The second kappa shape index (κ2) is 10.6. The fraction of sp³-hybridized carbons (Fsp3) is 0.100. The second-order valence-corrected chi connectivity index (χ2v) is 5.14. The van der Waals surface area contributed by atoms with Gasteiger partial charge in [0, 0.05) is 11.8 Å². The van der Waals surface area contributed by atoms with E-state index < -0.39 is 0 Å². The van der Waals surface area contributed by atoms with E-state index in [2.05, 4.69) is 4.98 Å². The number of fused-ring (bicyclic) bond motifs is 1.